The van der Waals surface area contributed by atoms with Crippen LogP contribution in [-0.2, 0) is 28.7 Å². The molecule has 0 amide bonds. The Balaban J connectivity index is 1.83. The minimum Gasteiger partial charge on any atom is -0.493 e. The quantitative estimate of drug-likeness (QED) is 0.207. The molecule has 3 N–H and O–H groups in total. The fourth-order valence-electron chi connectivity index (χ4n) is 7.03. The fraction of sp³-hybridized carbons (Fsp3) is 0.500. The van der Waals surface area contributed by atoms with Crippen LogP contribution in [-0.4, -0.2) is 67.1 Å². The smallest absolute Gasteiger partial charge is 0.205 e. The van der Waals surface area contributed by atoms with E-state index in [1.54, 1.807) is 13.8 Å². The number of ether oxygens (including phenoxy) is 1. The molecule has 39 heavy (non-hydrogen) atoms. The van der Waals surface area contributed by atoms with Crippen LogP contribution < -0.4 is 11.1 Å². The van der Waals surface area contributed by atoms with E-state index in [2.05, 4.69) is 23.7 Å². The maximum absolute atomic E-state index is 13.5. The summed E-state index contributed by atoms with van der Waals surface area (Å²) in [6, 6.07) is -0.209. The molecule has 4 rings (SSSR count). The molecule has 1 saturated heterocycles. The highest BCUT2D eigenvalue weighted by Gasteiger charge is 2.58. The number of nitrogens with one attached hydrogen (secondary N) is 1. The molecule has 0 spiro atoms. The average Bonchev–Trinajstić information content (AvgIpc) is 2.90. The van der Waals surface area contributed by atoms with E-state index in [0.29, 0.717) is 42.3 Å². The van der Waals surface area contributed by atoms with Gasteiger partial charge in [0.25, 0.3) is 0 Å². The molecule has 0 radical (unpaired) electrons. The molecule has 0 aromatic heterocycles. The Labute approximate surface area is 228 Å². The van der Waals surface area contributed by atoms with E-state index < -0.39 is 5.41 Å². The lowest BCUT2D eigenvalue weighted by Crippen LogP contribution is -2.63. The van der Waals surface area contributed by atoms with Gasteiger partial charge in [-0.05, 0) is 57.1 Å². The fourth-order valence-corrected chi connectivity index (χ4v) is 7.03. The number of carbonyl (C=O) groups is 5. The second kappa shape index (κ2) is 10.2. The molecule has 2 heterocycles. The number of methoxy groups -OCH3 is 1. The van der Waals surface area contributed by atoms with Gasteiger partial charge in [-0.1, -0.05) is 19.6 Å². The number of rotatable bonds is 8. The van der Waals surface area contributed by atoms with Gasteiger partial charge in [-0.25, -0.2) is 0 Å². The Hall–Kier alpha value is -3.59. The van der Waals surface area contributed by atoms with E-state index in [-0.39, 0.29) is 81.9 Å². The largest absolute Gasteiger partial charge is 0.493 e. The van der Waals surface area contributed by atoms with Crippen molar-refractivity contribution in [1.29, 1.82) is 0 Å². The van der Waals surface area contributed by atoms with E-state index in [1.165, 1.54) is 14.0 Å². The Morgan fingerprint density at radius 2 is 1.95 bits per heavy atom. The Kier molecular flexibility index (Phi) is 7.42. The predicted molar refractivity (Wildman–Crippen MR) is 145 cm³/mol. The first kappa shape index (κ1) is 28.4. The summed E-state index contributed by atoms with van der Waals surface area (Å²) in [5.74, 6) is -1.39. The van der Waals surface area contributed by atoms with Gasteiger partial charge in [-0.2, -0.15) is 0 Å². The lowest BCUT2D eigenvalue weighted by Gasteiger charge is -2.60. The van der Waals surface area contributed by atoms with Crippen molar-refractivity contribution >= 4 is 29.4 Å². The first-order valence-electron chi connectivity index (χ1n) is 13.2. The molecule has 5 atom stereocenters. The molecule has 1 fully saturated rings. The van der Waals surface area contributed by atoms with Crippen molar-refractivity contribution in [2.24, 2.45) is 23.0 Å². The van der Waals surface area contributed by atoms with Gasteiger partial charge in [0.05, 0.1) is 18.5 Å². The van der Waals surface area contributed by atoms with Gasteiger partial charge in [0, 0.05) is 53.8 Å². The molecule has 0 aromatic carbocycles. The number of ketones is 4. The highest BCUT2D eigenvalue weighted by molar-refractivity contribution is 6.25. The van der Waals surface area contributed by atoms with Gasteiger partial charge in [0.15, 0.2) is 29.4 Å². The summed E-state index contributed by atoms with van der Waals surface area (Å²) < 4.78 is 5.10. The summed E-state index contributed by atoms with van der Waals surface area (Å²) >= 11 is 0. The summed E-state index contributed by atoms with van der Waals surface area (Å²) in [5, 5.41) is 3.11. The van der Waals surface area contributed by atoms with E-state index >= 15 is 0 Å². The van der Waals surface area contributed by atoms with Crippen molar-refractivity contribution in [2.45, 2.75) is 59.0 Å². The van der Waals surface area contributed by atoms with Crippen LogP contribution in [0, 0.1) is 17.3 Å². The third-order valence-electron chi connectivity index (χ3n) is 9.41. The highest BCUT2D eigenvalue weighted by Crippen LogP contribution is 2.58. The van der Waals surface area contributed by atoms with Gasteiger partial charge >= 0.3 is 0 Å². The summed E-state index contributed by atoms with van der Waals surface area (Å²) in [6.07, 6.45) is 4.00. The van der Waals surface area contributed by atoms with Crippen molar-refractivity contribution in [3.8, 4) is 0 Å². The van der Waals surface area contributed by atoms with Gasteiger partial charge in [-0.3, -0.25) is 28.9 Å². The molecule has 4 aliphatic rings. The maximum Gasteiger partial charge on any atom is 0.205 e. The number of piperidine rings is 1. The van der Waals surface area contributed by atoms with E-state index in [1.807, 2.05) is 13.1 Å². The second-order valence-corrected chi connectivity index (χ2v) is 11.4. The van der Waals surface area contributed by atoms with Gasteiger partial charge in [0.1, 0.15) is 0 Å². The molecule has 208 valence electrons. The zero-order valence-electron chi connectivity index (χ0n) is 23.5. The Morgan fingerprint density at radius 3 is 2.54 bits per heavy atom. The number of nitrogens with two attached hydrogens (primary N) is 1. The summed E-state index contributed by atoms with van der Waals surface area (Å²) in [6.45, 7) is 10.8. The number of allylic oxidation sites excluding steroid dienone is 6. The van der Waals surface area contributed by atoms with Crippen molar-refractivity contribution in [3.05, 3.63) is 57.7 Å². The SMILES string of the molecule is C=C(NC[C@H]1C2=C(C[C@]3(C)C1CC1CC(C(=O)/C(C)=C(\C=O)OC)=C[C@H]3N1C)C(=O)C(C)=C(N)C2=O)C(C)=O. The number of likely N-dealkylation sites (N-methyl/N-ethyl adjacent to an activating group) is 1. The lowest BCUT2D eigenvalue weighted by atomic mass is 9.51. The molecule has 2 aliphatic heterocycles. The molecule has 9 heteroatoms. The summed E-state index contributed by atoms with van der Waals surface area (Å²) in [4.78, 5) is 66.0. The van der Waals surface area contributed by atoms with Gasteiger partial charge in [-0.15, -0.1) is 0 Å². The van der Waals surface area contributed by atoms with E-state index in [0.717, 1.165) is 0 Å². The number of aldehydes is 1. The van der Waals surface area contributed by atoms with Crippen molar-refractivity contribution in [3.63, 3.8) is 0 Å². The first-order chi connectivity index (χ1) is 18.3. The van der Waals surface area contributed by atoms with Crippen LogP contribution in [0.1, 0.15) is 47.0 Å². The Bertz CT molecular complexity index is 1330. The molecule has 0 saturated carbocycles. The van der Waals surface area contributed by atoms with E-state index in [4.69, 9.17) is 10.5 Å². The Morgan fingerprint density at radius 1 is 1.28 bits per heavy atom. The zero-order valence-corrected chi connectivity index (χ0v) is 23.5. The lowest BCUT2D eigenvalue weighted by molar-refractivity contribution is -0.121. The van der Waals surface area contributed by atoms with Crippen molar-refractivity contribution < 1.29 is 28.7 Å². The molecule has 0 aromatic rings. The highest BCUT2D eigenvalue weighted by atomic mass is 16.5. The molecule has 9 nitrogen and oxygen atoms in total. The number of carbonyl (C=O) groups excluding carboxylic acids is 5. The normalized spacial score (nSPS) is 31.1. The first-order valence-corrected chi connectivity index (χ1v) is 13.2. The number of hydrogen-bond donors (Lipinski definition) is 2. The van der Waals surface area contributed by atoms with Crippen LogP contribution >= 0.6 is 0 Å². The van der Waals surface area contributed by atoms with Crippen LogP contribution in [0.3, 0.4) is 0 Å². The van der Waals surface area contributed by atoms with Crippen LogP contribution in [0.2, 0.25) is 0 Å². The monoisotopic (exact) mass is 535 g/mol. The molecular formula is C30H37N3O6. The molecule has 2 unspecified atom stereocenters. The second-order valence-electron chi connectivity index (χ2n) is 11.4. The third-order valence-corrected chi connectivity index (χ3v) is 9.41. The summed E-state index contributed by atoms with van der Waals surface area (Å²) in [5.41, 5.74) is 7.85. The molecule has 2 bridgehead atoms. The van der Waals surface area contributed by atoms with Gasteiger partial charge < -0.3 is 15.8 Å². The van der Waals surface area contributed by atoms with Crippen molar-refractivity contribution in [2.75, 3.05) is 20.7 Å². The maximum atomic E-state index is 13.5. The number of Topliss-reactive ketones (excluding diaryl/α,β-unsaturated/α-hetero) is 4. The number of hydrogen-bond acceptors (Lipinski definition) is 9. The minimum atomic E-state index is -0.505. The minimum absolute atomic E-state index is 0.00303. The van der Waals surface area contributed by atoms with Crippen LogP contribution in [0.25, 0.3) is 0 Å². The zero-order chi connectivity index (χ0) is 29.0. The van der Waals surface area contributed by atoms with Crippen molar-refractivity contribution in [1.82, 2.24) is 10.2 Å². The number of nitrogens with zero attached hydrogens (tertiary/aromatic N) is 1. The summed E-state index contributed by atoms with van der Waals surface area (Å²) in [7, 11) is 3.38. The van der Waals surface area contributed by atoms with Crippen LogP contribution in [0.15, 0.2) is 57.7 Å². The van der Waals surface area contributed by atoms with Crippen LogP contribution in [0.4, 0.5) is 0 Å². The van der Waals surface area contributed by atoms with Gasteiger partial charge in [0.2, 0.25) is 5.78 Å². The average molecular weight is 536 g/mol. The molecular weight excluding hydrogens is 498 g/mol. The van der Waals surface area contributed by atoms with Crippen LogP contribution in [0.5, 0.6) is 0 Å². The standard InChI is InChI=1S/C30H37N3O6/c1-14(23(13-34)39-7)27(36)18-8-19-10-22-21(12-32-16(3)17(4)35)25-20(28(37)15(2)26(31)29(25)38)11-30(22,5)24(9-18)33(19)6/h9,13,19,21-22,24,32H,3,8,10-12,31H2,1-2,4-7H3/b23-14+/t19?,21-,22?,24-,30-/m1/s1. The third kappa shape index (κ3) is 4.42. The van der Waals surface area contributed by atoms with E-state index in [9.17, 15) is 24.0 Å². The predicted octanol–water partition coefficient (Wildman–Crippen LogP) is 2.09. The molecule has 2 aliphatic carbocycles. The number of fused-ring (bicyclic) bond motifs is 4. The topological polar surface area (TPSA) is 136 Å².